The average Bonchev–Trinajstić information content (AvgIpc) is 2.41. The van der Waals surface area contributed by atoms with Crippen LogP contribution < -0.4 is 15.6 Å². The summed E-state index contributed by atoms with van der Waals surface area (Å²) in [7, 11) is -2.49. The van der Waals surface area contributed by atoms with Crippen molar-refractivity contribution in [1.82, 2.24) is 15.0 Å². The lowest BCUT2D eigenvalue weighted by atomic mass is 10.3. The van der Waals surface area contributed by atoms with E-state index in [1.54, 1.807) is 0 Å². The van der Waals surface area contributed by atoms with Gasteiger partial charge in [-0.05, 0) is 13.0 Å². The van der Waals surface area contributed by atoms with E-state index in [-0.39, 0.29) is 16.5 Å². The largest absolute Gasteiger partial charge is 0.383 e. The van der Waals surface area contributed by atoms with Crippen LogP contribution in [0, 0.1) is 0 Å². The molecule has 1 unspecified atom stereocenters. The number of sulfonamides is 1. The van der Waals surface area contributed by atoms with Gasteiger partial charge in [-0.1, -0.05) is 11.6 Å². The monoisotopic (exact) mass is 337 g/mol. The van der Waals surface area contributed by atoms with Crippen molar-refractivity contribution < 1.29 is 17.9 Å². The van der Waals surface area contributed by atoms with Crippen molar-refractivity contribution >= 4 is 27.5 Å². The molecule has 1 aromatic rings. The summed E-state index contributed by atoms with van der Waals surface area (Å²) in [5.74, 6) is -0.494. The molecule has 0 saturated heterocycles. The molecular formula is C11H16ClN3O5S. The highest BCUT2D eigenvalue weighted by molar-refractivity contribution is 7.89. The summed E-state index contributed by atoms with van der Waals surface area (Å²) in [6.45, 7) is 1.99. The van der Waals surface area contributed by atoms with Gasteiger partial charge in [0.1, 0.15) is 5.02 Å². The first-order valence-corrected chi connectivity index (χ1v) is 7.81. The lowest BCUT2D eigenvalue weighted by Crippen LogP contribution is -2.45. The standard InChI is InChI=1S/C11H16ClN3O5S/c1-7(10(16)13-3-4-20-2)15-21(18,19)8-5-9(12)11(17)14-6-8/h5-7,15H,3-4H2,1-2H3,(H,13,16)(H,14,17). The molecule has 0 aliphatic heterocycles. The number of halogens is 1. The molecule has 0 spiro atoms. The first-order chi connectivity index (χ1) is 9.77. The molecule has 0 aliphatic rings. The van der Waals surface area contributed by atoms with Crippen molar-refractivity contribution in [3.8, 4) is 0 Å². The number of nitrogens with one attached hydrogen (secondary N) is 3. The molecular weight excluding hydrogens is 322 g/mol. The van der Waals surface area contributed by atoms with Gasteiger partial charge in [-0.15, -0.1) is 0 Å². The lowest BCUT2D eigenvalue weighted by Gasteiger charge is -2.14. The molecule has 118 valence electrons. The van der Waals surface area contributed by atoms with Crippen LogP contribution in [0.3, 0.4) is 0 Å². The first-order valence-electron chi connectivity index (χ1n) is 5.95. The van der Waals surface area contributed by atoms with E-state index in [2.05, 4.69) is 15.0 Å². The molecule has 0 aromatic carbocycles. The summed E-state index contributed by atoms with van der Waals surface area (Å²) < 4.78 is 31.0. The van der Waals surface area contributed by atoms with Gasteiger partial charge in [-0.2, -0.15) is 4.72 Å². The van der Waals surface area contributed by atoms with E-state index in [1.165, 1.54) is 14.0 Å². The molecule has 0 radical (unpaired) electrons. The Bertz CT molecular complexity index is 658. The number of aromatic nitrogens is 1. The summed E-state index contributed by atoms with van der Waals surface area (Å²) in [4.78, 5) is 24.7. The van der Waals surface area contributed by atoms with Gasteiger partial charge in [0.25, 0.3) is 5.56 Å². The van der Waals surface area contributed by atoms with Crippen LogP contribution in [-0.2, 0) is 19.6 Å². The van der Waals surface area contributed by atoms with Crippen LogP contribution >= 0.6 is 11.6 Å². The number of rotatable bonds is 7. The highest BCUT2D eigenvalue weighted by Crippen LogP contribution is 2.10. The maximum absolute atomic E-state index is 12.0. The van der Waals surface area contributed by atoms with Crippen molar-refractivity contribution in [2.75, 3.05) is 20.3 Å². The molecule has 3 N–H and O–H groups in total. The summed E-state index contributed by atoms with van der Waals surface area (Å²) in [5, 5.41) is 2.25. The van der Waals surface area contributed by atoms with E-state index in [4.69, 9.17) is 16.3 Å². The fourth-order valence-electron chi connectivity index (χ4n) is 1.38. The second-order valence-electron chi connectivity index (χ2n) is 4.14. The third-order valence-corrected chi connectivity index (χ3v) is 4.27. The Labute approximate surface area is 126 Å². The van der Waals surface area contributed by atoms with Crippen molar-refractivity contribution in [3.63, 3.8) is 0 Å². The van der Waals surface area contributed by atoms with E-state index in [0.29, 0.717) is 6.61 Å². The number of hydrogen-bond donors (Lipinski definition) is 3. The van der Waals surface area contributed by atoms with Gasteiger partial charge >= 0.3 is 0 Å². The minimum absolute atomic E-state index is 0.233. The van der Waals surface area contributed by atoms with Crippen LogP contribution in [0.2, 0.25) is 5.02 Å². The minimum atomic E-state index is -3.97. The molecule has 21 heavy (non-hydrogen) atoms. The van der Waals surface area contributed by atoms with E-state index in [9.17, 15) is 18.0 Å². The SMILES string of the molecule is COCCNC(=O)C(C)NS(=O)(=O)c1c[nH]c(=O)c(Cl)c1. The number of aromatic amines is 1. The Balaban J connectivity index is 2.77. The molecule has 0 fully saturated rings. The number of ether oxygens (including phenoxy) is 1. The molecule has 1 aromatic heterocycles. The molecule has 1 amide bonds. The van der Waals surface area contributed by atoms with Gasteiger partial charge in [-0.25, -0.2) is 8.42 Å². The molecule has 1 heterocycles. The number of hydrogen-bond acceptors (Lipinski definition) is 5. The molecule has 0 bridgehead atoms. The second-order valence-corrected chi connectivity index (χ2v) is 6.26. The van der Waals surface area contributed by atoms with Crippen molar-refractivity contribution in [2.24, 2.45) is 0 Å². The fourth-order valence-corrected chi connectivity index (χ4v) is 2.81. The van der Waals surface area contributed by atoms with Crippen molar-refractivity contribution in [1.29, 1.82) is 0 Å². The number of carbonyl (C=O) groups excluding carboxylic acids is 1. The third kappa shape index (κ3) is 5.12. The van der Waals surface area contributed by atoms with E-state index in [0.717, 1.165) is 12.3 Å². The van der Waals surface area contributed by atoms with Crippen LogP contribution in [0.15, 0.2) is 22.0 Å². The van der Waals surface area contributed by atoms with Gasteiger partial charge in [0.2, 0.25) is 15.9 Å². The molecule has 8 nitrogen and oxygen atoms in total. The number of H-pyrrole nitrogens is 1. The van der Waals surface area contributed by atoms with E-state index in [1.807, 2.05) is 0 Å². The normalized spacial score (nSPS) is 12.9. The highest BCUT2D eigenvalue weighted by atomic mass is 35.5. The number of methoxy groups -OCH3 is 1. The Morgan fingerprint density at radius 1 is 1.52 bits per heavy atom. The number of pyridine rings is 1. The molecule has 10 heteroatoms. The predicted molar refractivity (Wildman–Crippen MR) is 76.7 cm³/mol. The molecule has 1 rings (SSSR count). The topological polar surface area (TPSA) is 117 Å². The van der Waals surface area contributed by atoms with Gasteiger partial charge in [0, 0.05) is 19.9 Å². The van der Waals surface area contributed by atoms with Crippen LogP contribution in [0.5, 0.6) is 0 Å². The van der Waals surface area contributed by atoms with Crippen molar-refractivity contribution in [3.05, 3.63) is 27.6 Å². The van der Waals surface area contributed by atoms with Crippen LogP contribution in [-0.4, -0.2) is 45.6 Å². The number of carbonyl (C=O) groups is 1. The summed E-state index contributed by atoms with van der Waals surface area (Å²) in [6.07, 6.45) is 1.01. The quantitative estimate of drug-likeness (QED) is 0.577. The highest BCUT2D eigenvalue weighted by Gasteiger charge is 2.22. The van der Waals surface area contributed by atoms with Gasteiger partial charge in [-0.3, -0.25) is 9.59 Å². The number of amides is 1. The fraction of sp³-hybridized carbons (Fsp3) is 0.455. The molecule has 1 atom stereocenters. The first kappa shape index (κ1) is 17.6. The van der Waals surface area contributed by atoms with Gasteiger partial charge < -0.3 is 15.0 Å². The Morgan fingerprint density at radius 3 is 2.76 bits per heavy atom. The lowest BCUT2D eigenvalue weighted by molar-refractivity contribution is -0.122. The maximum atomic E-state index is 12.0. The van der Waals surface area contributed by atoms with Gasteiger partial charge in [0.05, 0.1) is 17.5 Å². The average molecular weight is 338 g/mol. The van der Waals surface area contributed by atoms with E-state index < -0.39 is 27.5 Å². The Morgan fingerprint density at radius 2 is 2.19 bits per heavy atom. The summed E-state index contributed by atoms with van der Waals surface area (Å²) in [5.41, 5.74) is -0.596. The summed E-state index contributed by atoms with van der Waals surface area (Å²) in [6, 6.07) is 0.0238. The smallest absolute Gasteiger partial charge is 0.266 e. The molecule has 0 aliphatic carbocycles. The Hall–Kier alpha value is -1.42. The zero-order valence-electron chi connectivity index (χ0n) is 11.5. The zero-order chi connectivity index (χ0) is 16.0. The van der Waals surface area contributed by atoms with Crippen LogP contribution in [0.4, 0.5) is 0 Å². The van der Waals surface area contributed by atoms with Gasteiger partial charge in [0.15, 0.2) is 0 Å². The summed E-state index contributed by atoms with van der Waals surface area (Å²) >= 11 is 5.57. The molecule has 0 saturated carbocycles. The minimum Gasteiger partial charge on any atom is -0.383 e. The third-order valence-electron chi connectivity index (χ3n) is 2.47. The van der Waals surface area contributed by atoms with Crippen LogP contribution in [0.25, 0.3) is 0 Å². The zero-order valence-corrected chi connectivity index (χ0v) is 13.0. The maximum Gasteiger partial charge on any atom is 0.266 e. The van der Waals surface area contributed by atoms with Crippen LogP contribution in [0.1, 0.15) is 6.92 Å². The van der Waals surface area contributed by atoms with Crippen molar-refractivity contribution in [2.45, 2.75) is 17.9 Å². The second kappa shape index (κ2) is 7.55. The Kier molecular flexibility index (Phi) is 6.34. The van der Waals surface area contributed by atoms with E-state index >= 15 is 0 Å². The predicted octanol–water partition coefficient (Wildman–Crippen LogP) is -0.542.